The average Bonchev–Trinajstić information content (AvgIpc) is 2.17. The summed E-state index contributed by atoms with van der Waals surface area (Å²) in [6.07, 6.45) is 2.00. The molecule has 0 heterocycles. The lowest BCUT2D eigenvalue weighted by atomic mass is 10.4. The maximum Gasteiger partial charge on any atom is 0.559 e. The molecule has 4 nitrogen and oxygen atoms in total. The predicted molar refractivity (Wildman–Crippen MR) is 72.8 cm³/mol. The molecule has 0 aromatic carbocycles. The molecule has 104 valence electrons. The van der Waals surface area contributed by atoms with Gasteiger partial charge in [-0.3, -0.25) is 0 Å². The van der Waals surface area contributed by atoms with Gasteiger partial charge in [-0.15, -0.1) is 0 Å². The number of quaternary nitrogens is 1. The van der Waals surface area contributed by atoms with Crippen molar-refractivity contribution in [2.75, 3.05) is 46.6 Å². The summed E-state index contributed by atoms with van der Waals surface area (Å²) in [6.45, 7) is 11.3. The number of rotatable bonds is 10. The standard InChI is InChI=1S/C12H30NO3Si/c1-7-11-13(5,6)12-17(14-8-2,15-9-3)16-10-4/h7-12H2,1-6H3/q+1. The summed E-state index contributed by atoms with van der Waals surface area (Å²) < 4.78 is 18.5. The third-order valence-corrected chi connectivity index (χ3v) is 5.97. The number of hydrogen-bond donors (Lipinski definition) is 0. The quantitative estimate of drug-likeness (QED) is 0.446. The van der Waals surface area contributed by atoms with Crippen molar-refractivity contribution < 1.29 is 17.8 Å². The van der Waals surface area contributed by atoms with E-state index in [-0.39, 0.29) is 0 Å². The van der Waals surface area contributed by atoms with E-state index >= 15 is 0 Å². The highest BCUT2D eigenvalue weighted by atomic mass is 28.4. The topological polar surface area (TPSA) is 27.7 Å². The molecule has 0 N–H and O–H groups in total. The Morgan fingerprint density at radius 2 is 1.24 bits per heavy atom. The van der Waals surface area contributed by atoms with E-state index in [1.807, 2.05) is 20.8 Å². The Morgan fingerprint density at radius 1 is 0.824 bits per heavy atom. The Hall–Kier alpha value is 0.0569. The van der Waals surface area contributed by atoms with Gasteiger partial charge >= 0.3 is 8.80 Å². The largest absolute Gasteiger partial charge is 0.559 e. The zero-order valence-electron chi connectivity index (χ0n) is 12.4. The van der Waals surface area contributed by atoms with Crippen LogP contribution in [-0.2, 0) is 13.3 Å². The maximum atomic E-state index is 5.87. The second-order valence-corrected chi connectivity index (χ2v) is 7.35. The van der Waals surface area contributed by atoms with E-state index in [9.17, 15) is 0 Å². The van der Waals surface area contributed by atoms with Crippen LogP contribution in [-0.4, -0.2) is 59.9 Å². The highest BCUT2D eigenvalue weighted by Gasteiger charge is 2.47. The van der Waals surface area contributed by atoms with Gasteiger partial charge in [0, 0.05) is 19.8 Å². The molecule has 0 aliphatic heterocycles. The Morgan fingerprint density at radius 3 is 1.53 bits per heavy atom. The van der Waals surface area contributed by atoms with Crippen molar-refractivity contribution in [2.45, 2.75) is 34.1 Å². The van der Waals surface area contributed by atoms with Crippen molar-refractivity contribution in [3.63, 3.8) is 0 Å². The van der Waals surface area contributed by atoms with E-state index < -0.39 is 8.80 Å². The lowest BCUT2D eigenvalue weighted by molar-refractivity contribution is -0.882. The molecule has 0 aliphatic carbocycles. The number of hydrogen-bond acceptors (Lipinski definition) is 3. The van der Waals surface area contributed by atoms with Gasteiger partial charge < -0.3 is 17.8 Å². The van der Waals surface area contributed by atoms with Gasteiger partial charge in [0.25, 0.3) is 0 Å². The third-order valence-electron chi connectivity index (χ3n) is 2.54. The fraction of sp³-hybridized carbons (Fsp3) is 1.00. The van der Waals surface area contributed by atoms with Gasteiger partial charge in [0.05, 0.1) is 20.6 Å². The minimum atomic E-state index is -2.50. The molecule has 17 heavy (non-hydrogen) atoms. The molecule has 0 aromatic rings. The van der Waals surface area contributed by atoms with E-state index in [1.165, 1.54) is 0 Å². The summed E-state index contributed by atoms with van der Waals surface area (Å²) in [6, 6.07) is 0. The first-order chi connectivity index (χ1) is 7.95. The van der Waals surface area contributed by atoms with Crippen LogP contribution < -0.4 is 0 Å². The normalized spacial score (nSPS) is 13.1. The zero-order chi connectivity index (χ0) is 13.4. The molecule has 0 saturated heterocycles. The van der Waals surface area contributed by atoms with Crippen LogP contribution >= 0.6 is 0 Å². The molecule has 0 fully saturated rings. The van der Waals surface area contributed by atoms with Crippen LogP contribution in [0, 0.1) is 0 Å². The van der Waals surface area contributed by atoms with Gasteiger partial charge in [-0.05, 0) is 27.2 Å². The first-order valence-electron chi connectivity index (χ1n) is 6.69. The second-order valence-electron chi connectivity index (χ2n) is 4.80. The Labute approximate surface area is 108 Å². The fourth-order valence-corrected chi connectivity index (χ4v) is 5.18. The first kappa shape index (κ1) is 17.1. The first-order valence-corrected chi connectivity index (χ1v) is 8.62. The summed E-state index contributed by atoms with van der Waals surface area (Å²) >= 11 is 0. The van der Waals surface area contributed by atoms with Gasteiger partial charge in [-0.2, -0.15) is 0 Å². The van der Waals surface area contributed by atoms with Crippen molar-refractivity contribution in [3.8, 4) is 0 Å². The second kappa shape index (κ2) is 8.21. The number of nitrogens with zero attached hydrogens (tertiary/aromatic N) is 1. The maximum absolute atomic E-state index is 5.87. The molecular formula is C12H30NO3Si+. The van der Waals surface area contributed by atoms with Crippen molar-refractivity contribution in [3.05, 3.63) is 0 Å². The van der Waals surface area contributed by atoms with Gasteiger partial charge in [0.1, 0.15) is 6.17 Å². The van der Waals surface area contributed by atoms with Gasteiger partial charge in [-0.25, -0.2) is 0 Å². The molecule has 0 bridgehead atoms. The Bertz CT molecular complexity index is 183. The zero-order valence-corrected chi connectivity index (χ0v) is 13.4. The van der Waals surface area contributed by atoms with Crippen LogP contribution in [0.1, 0.15) is 34.1 Å². The van der Waals surface area contributed by atoms with Crippen molar-refractivity contribution in [2.24, 2.45) is 0 Å². The molecule has 0 aliphatic rings. The highest BCUT2D eigenvalue weighted by Crippen LogP contribution is 2.15. The molecule has 0 spiro atoms. The summed E-state index contributed by atoms with van der Waals surface area (Å²) in [5.41, 5.74) is 0. The molecule has 0 aromatic heterocycles. The Kier molecular flexibility index (Phi) is 8.24. The lowest BCUT2D eigenvalue weighted by Gasteiger charge is -2.37. The van der Waals surface area contributed by atoms with E-state index in [0.29, 0.717) is 19.8 Å². The van der Waals surface area contributed by atoms with Gasteiger partial charge in [0.2, 0.25) is 0 Å². The summed E-state index contributed by atoms with van der Waals surface area (Å²) in [5, 5.41) is 0. The summed E-state index contributed by atoms with van der Waals surface area (Å²) in [7, 11) is 1.93. The summed E-state index contributed by atoms with van der Waals surface area (Å²) in [4.78, 5) is 0. The Balaban J connectivity index is 4.74. The van der Waals surface area contributed by atoms with Crippen molar-refractivity contribution in [1.82, 2.24) is 0 Å². The lowest BCUT2D eigenvalue weighted by Crippen LogP contribution is -2.60. The molecule has 0 radical (unpaired) electrons. The SMILES string of the molecule is CCC[N+](C)(C)C[Si](OCC)(OCC)OCC. The summed E-state index contributed by atoms with van der Waals surface area (Å²) in [5.74, 6) is 0. The fourth-order valence-electron chi connectivity index (χ4n) is 2.13. The van der Waals surface area contributed by atoms with E-state index in [4.69, 9.17) is 13.3 Å². The van der Waals surface area contributed by atoms with Crippen LogP contribution in [0.4, 0.5) is 0 Å². The van der Waals surface area contributed by atoms with Crippen LogP contribution in [0.3, 0.4) is 0 Å². The minimum absolute atomic E-state index is 0.651. The molecule has 5 heteroatoms. The van der Waals surface area contributed by atoms with E-state index in [1.54, 1.807) is 0 Å². The van der Waals surface area contributed by atoms with Crippen LogP contribution in [0.25, 0.3) is 0 Å². The van der Waals surface area contributed by atoms with Crippen LogP contribution in [0.15, 0.2) is 0 Å². The van der Waals surface area contributed by atoms with Gasteiger partial charge in [-0.1, -0.05) is 6.92 Å². The van der Waals surface area contributed by atoms with E-state index in [0.717, 1.165) is 23.6 Å². The van der Waals surface area contributed by atoms with Crippen LogP contribution in [0.5, 0.6) is 0 Å². The van der Waals surface area contributed by atoms with Crippen LogP contribution in [0.2, 0.25) is 0 Å². The molecule has 0 amide bonds. The molecule has 0 rings (SSSR count). The molecular weight excluding hydrogens is 234 g/mol. The monoisotopic (exact) mass is 264 g/mol. The van der Waals surface area contributed by atoms with Gasteiger partial charge in [0.15, 0.2) is 0 Å². The smallest absolute Gasteiger partial charge is 0.370 e. The minimum Gasteiger partial charge on any atom is -0.370 e. The molecule has 0 unspecified atom stereocenters. The molecule has 0 saturated carbocycles. The van der Waals surface area contributed by atoms with E-state index in [2.05, 4.69) is 21.0 Å². The molecule has 0 atom stereocenters. The average molecular weight is 264 g/mol. The third kappa shape index (κ3) is 6.52. The predicted octanol–water partition coefficient (Wildman–Crippen LogP) is 2.06. The van der Waals surface area contributed by atoms with Crippen molar-refractivity contribution in [1.29, 1.82) is 0 Å². The highest BCUT2D eigenvalue weighted by molar-refractivity contribution is 6.60. The van der Waals surface area contributed by atoms with Crippen molar-refractivity contribution >= 4 is 8.80 Å².